The van der Waals surface area contributed by atoms with Gasteiger partial charge in [-0.25, -0.2) is 0 Å². The molecule has 0 aliphatic rings. The van der Waals surface area contributed by atoms with Crippen LogP contribution in [-0.4, -0.2) is 14.9 Å². The molecule has 0 amide bonds. The Morgan fingerprint density at radius 3 is 2.38 bits per heavy atom. The standard InChI is InChI=1S/C12H14N2O2/c1-7-4-9(11(15)5-8(7)2)10-6-12(16)13-14(10)3/h4-6,15H,1-3H3,(H,13,16). The summed E-state index contributed by atoms with van der Waals surface area (Å²) in [5.41, 5.74) is 3.30. The molecule has 0 spiro atoms. The van der Waals surface area contributed by atoms with Gasteiger partial charge in [-0.3, -0.25) is 14.6 Å². The van der Waals surface area contributed by atoms with E-state index in [0.29, 0.717) is 11.3 Å². The van der Waals surface area contributed by atoms with Gasteiger partial charge in [0.15, 0.2) is 0 Å². The predicted molar refractivity (Wildman–Crippen MR) is 62.6 cm³/mol. The first-order chi connectivity index (χ1) is 7.49. The summed E-state index contributed by atoms with van der Waals surface area (Å²) < 4.78 is 1.60. The SMILES string of the molecule is Cc1cc(O)c(-c2cc(=O)[nH]n2C)cc1C. The lowest BCUT2D eigenvalue weighted by Gasteiger charge is -2.08. The van der Waals surface area contributed by atoms with Crippen LogP contribution in [0.3, 0.4) is 0 Å². The van der Waals surface area contributed by atoms with Gasteiger partial charge in [-0.05, 0) is 37.1 Å². The van der Waals surface area contributed by atoms with Crippen LogP contribution in [0.25, 0.3) is 11.3 Å². The topological polar surface area (TPSA) is 58.0 Å². The van der Waals surface area contributed by atoms with E-state index in [1.54, 1.807) is 17.8 Å². The lowest BCUT2D eigenvalue weighted by Crippen LogP contribution is -2.01. The minimum absolute atomic E-state index is 0.171. The van der Waals surface area contributed by atoms with E-state index in [1.807, 2.05) is 19.9 Å². The van der Waals surface area contributed by atoms with Crippen molar-refractivity contribution in [1.82, 2.24) is 9.78 Å². The van der Waals surface area contributed by atoms with Gasteiger partial charge in [0.1, 0.15) is 5.75 Å². The highest BCUT2D eigenvalue weighted by molar-refractivity contribution is 5.68. The van der Waals surface area contributed by atoms with Crippen LogP contribution in [0.1, 0.15) is 11.1 Å². The van der Waals surface area contributed by atoms with Gasteiger partial charge in [-0.2, -0.15) is 0 Å². The summed E-state index contributed by atoms with van der Waals surface area (Å²) in [6.45, 7) is 3.91. The molecule has 2 rings (SSSR count). The zero-order valence-corrected chi connectivity index (χ0v) is 9.53. The number of hydrogen-bond donors (Lipinski definition) is 2. The largest absolute Gasteiger partial charge is 0.507 e. The second-order valence-corrected chi connectivity index (χ2v) is 4.02. The first-order valence-electron chi connectivity index (χ1n) is 5.05. The molecule has 1 aromatic heterocycles. The lowest BCUT2D eigenvalue weighted by molar-refractivity contribution is 0.476. The van der Waals surface area contributed by atoms with E-state index >= 15 is 0 Å². The number of H-pyrrole nitrogens is 1. The summed E-state index contributed by atoms with van der Waals surface area (Å²) in [5.74, 6) is 0.192. The Bertz CT molecular complexity index is 594. The van der Waals surface area contributed by atoms with Gasteiger partial charge in [-0.15, -0.1) is 0 Å². The molecule has 2 N–H and O–H groups in total. The molecule has 16 heavy (non-hydrogen) atoms. The van der Waals surface area contributed by atoms with Crippen molar-refractivity contribution in [2.45, 2.75) is 13.8 Å². The third kappa shape index (κ3) is 1.62. The number of nitrogens with zero attached hydrogens (tertiary/aromatic N) is 1. The van der Waals surface area contributed by atoms with E-state index in [0.717, 1.165) is 11.1 Å². The van der Waals surface area contributed by atoms with Gasteiger partial charge in [-0.1, -0.05) is 0 Å². The molecule has 1 aromatic carbocycles. The molecule has 0 atom stereocenters. The lowest BCUT2D eigenvalue weighted by atomic mass is 10.0. The van der Waals surface area contributed by atoms with Gasteiger partial charge >= 0.3 is 0 Å². The third-order valence-corrected chi connectivity index (χ3v) is 2.80. The number of aromatic amines is 1. The first-order valence-corrected chi connectivity index (χ1v) is 5.05. The fourth-order valence-electron chi connectivity index (χ4n) is 1.74. The summed E-state index contributed by atoms with van der Waals surface area (Å²) in [5, 5.41) is 12.5. The Labute approximate surface area is 93.1 Å². The molecule has 0 saturated heterocycles. The molecule has 4 nitrogen and oxygen atoms in total. The predicted octanol–water partition coefficient (Wildman–Crippen LogP) is 1.70. The molecule has 4 heteroatoms. The van der Waals surface area contributed by atoms with Gasteiger partial charge < -0.3 is 5.11 Å². The molecule has 1 heterocycles. The van der Waals surface area contributed by atoms with Crippen LogP contribution in [0.5, 0.6) is 5.75 Å². The highest BCUT2D eigenvalue weighted by Gasteiger charge is 2.10. The maximum absolute atomic E-state index is 11.2. The van der Waals surface area contributed by atoms with Crippen molar-refractivity contribution >= 4 is 0 Å². The number of aryl methyl sites for hydroxylation is 3. The van der Waals surface area contributed by atoms with Crippen LogP contribution in [0.2, 0.25) is 0 Å². The number of phenols is 1. The average Bonchev–Trinajstić information content (AvgIpc) is 2.51. The maximum atomic E-state index is 11.2. The van der Waals surface area contributed by atoms with E-state index in [2.05, 4.69) is 5.10 Å². The molecule has 0 radical (unpaired) electrons. The van der Waals surface area contributed by atoms with Crippen molar-refractivity contribution in [3.05, 3.63) is 39.7 Å². The molecular weight excluding hydrogens is 204 g/mol. The van der Waals surface area contributed by atoms with Crippen LogP contribution >= 0.6 is 0 Å². The van der Waals surface area contributed by atoms with E-state index in [1.165, 1.54) is 6.07 Å². The van der Waals surface area contributed by atoms with Crippen molar-refractivity contribution in [1.29, 1.82) is 0 Å². The van der Waals surface area contributed by atoms with E-state index in [-0.39, 0.29) is 11.3 Å². The summed E-state index contributed by atoms with van der Waals surface area (Å²) in [6, 6.07) is 5.07. The monoisotopic (exact) mass is 218 g/mol. The third-order valence-electron chi connectivity index (χ3n) is 2.80. The summed E-state index contributed by atoms with van der Waals surface area (Å²) in [4.78, 5) is 11.2. The van der Waals surface area contributed by atoms with Crippen molar-refractivity contribution in [3.8, 4) is 17.0 Å². The van der Waals surface area contributed by atoms with Gasteiger partial charge in [0, 0.05) is 18.7 Å². The zero-order chi connectivity index (χ0) is 11.9. The Balaban J connectivity index is 2.69. The summed E-state index contributed by atoms with van der Waals surface area (Å²) in [7, 11) is 1.74. The molecule has 0 aliphatic carbocycles. The smallest absolute Gasteiger partial charge is 0.264 e. The molecule has 0 saturated carbocycles. The van der Waals surface area contributed by atoms with Crippen LogP contribution < -0.4 is 5.56 Å². The Morgan fingerprint density at radius 1 is 1.19 bits per heavy atom. The number of hydrogen-bond acceptors (Lipinski definition) is 2. The molecule has 84 valence electrons. The Kier molecular flexibility index (Phi) is 2.34. The van der Waals surface area contributed by atoms with Crippen LogP contribution in [0.15, 0.2) is 23.0 Å². The fourth-order valence-corrected chi connectivity index (χ4v) is 1.74. The fraction of sp³-hybridized carbons (Fsp3) is 0.250. The quantitative estimate of drug-likeness (QED) is 0.765. The number of nitrogens with one attached hydrogen (secondary N) is 1. The molecular formula is C12H14N2O2. The van der Waals surface area contributed by atoms with Gasteiger partial charge in [0.25, 0.3) is 5.56 Å². The number of aromatic nitrogens is 2. The molecule has 0 bridgehead atoms. The van der Waals surface area contributed by atoms with E-state index in [4.69, 9.17) is 0 Å². The van der Waals surface area contributed by atoms with Crippen molar-refractivity contribution in [2.75, 3.05) is 0 Å². The molecule has 0 aliphatic heterocycles. The molecule has 0 fully saturated rings. The number of rotatable bonds is 1. The van der Waals surface area contributed by atoms with Crippen molar-refractivity contribution < 1.29 is 5.11 Å². The van der Waals surface area contributed by atoms with Crippen LogP contribution in [0.4, 0.5) is 0 Å². The highest BCUT2D eigenvalue weighted by Crippen LogP contribution is 2.30. The zero-order valence-electron chi connectivity index (χ0n) is 9.53. The normalized spacial score (nSPS) is 10.7. The second-order valence-electron chi connectivity index (χ2n) is 4.02. The Hall–Kier alpha value is -1.97. The number of benzene rings is 1. The molecule has 0 unspecified atom stereocenters. The summed E-state index contributed by atoms with van der Waals surface area (Å²) >= 11 is 0. The van der Waals surface area contributed by atoms with Gasteiger partial charge in [0.05, 0.1) is 5.69 Å². The minimum Gasteiger partial charge on any atom is -0.507 e. The summed E-state index contributed by atoms with van der Waals surface area (Å²) in [6.07, 6.45) is 0. The first kappa shape index (κ1) is 10.5. The number of aromatic hydroxyl groups is 1. The van der Waals surface area contributed by atoms with Gasteiger partial charge in [0.2, 0.25) is 0 Å². The molecule has 2 aromatic rings. The number of phenolic OH excluding ortho intramolecular Hbond substituents is 1. The van der Waals surface area contributed by atoms with Crippen molar-refractivity contribution in [3.63, 3.8) is 0 Å². The van der Waals surface area contributed by atoms with E-state index < -0.39 is 0 Å². The van der Waals surface area contributed by atoms with Crippen molar-refractivity contribution in [2.24, 2.45) is 7.05 Å². The second kappa shape index (κ2) is 3.56. The Morgan fingerprint density at radius 2 is 1.81 bits per heavy atom. The van der Waals surface area contributed by atoms with E-state index in [9.17, 15) is 9.90 Å². The van der Waals surface area contributed by atoms with Crippen LogP contribution in [-0.2, 0) is 7.05 Å². The average molecular weight is 218 g/mol. The highest BCUT2D eigenvalue weighted by atomic mass is 16.3. The maximum Gasteiger partial charge on any atom is 0.264 e. The minimum atomic E-state index is -0.171. The van der Waals surface area contributed by atoms with Crippen LogP contribution in [0, 0.1) is 13.8 Å².